The number of anilines is 1. The van der Waals surface area contributed by atoms with Crippen molar-refractivity contribution in [1.29, 1.82) is 0 Å². The van der Waals surface area contributed by atoms with Crippen LogP contribution in [0.4, 0.5) is 5.69 Å². The van der Waals surface area contributed by atoms with Crippen molar-refractivity contribution in [3.8, 4) is 11.1 Å². The van der Waals surface area contributed by atoms with Crippen LogP contribution in [-0.4, -0.2) is 33.7 Å². The predicted molar refractivity (Wildman–Crippen MR) is 101 cm³/mol. The van der Waals surface area contributed by atoms with Crippen molar-refractivity contribution in [1.82, 2.24) is 5.01 Å². The third kappa shape index (κ3) is 3.84. The van der Waals surface area contributed by atoms with E-state index in [9.17, 15) is 5.11 Å². The van der Waals surface area contributed by atoms with E-state index >= 15 is 0 Å². The molecular weight excluding hydrogens is 336 g/mol. The van der Waals surface area contributed by atoms with Crippen LogP contribution in [0.25, 0.3) is 11.1 Å². The normalized spacial score (nSPS) is 10.2. The minimum absolute atomic E-state index is 0.0430. The van der Waals surface area contributed by atoms with Gasteiger partial charge in [-0.05, 0) is 46.9 Å². The molecular formula is C16H15ClN2OS2. The molecule has 114 valence electrons. The van der Waals surface area contributed by atoms with Crippen LogP contribution in [0.5, 0.6) is 0 Å². The van der Waals surface area contributed by atoms with Crippen molar-refractivity contribution in [2.24, 2.45) is 0 Å². The molecule has 0 radical (unpaired) electrons. The van der Waals surface area contributed by atoms with E-state index in [4.69, 9.17) is 23.8 Å². The number of benzene rings is 2. The highest BCUT2D eigenvalue weighted by Crippen LogP contribution is 2.32. The summed E-state index contributed by atoms with van der Waals surface area (Å²) in [6.07, 6.45) is 0. The Morgan fingerprint density at radius 3 is 2.36 bits per heavy atom. The molecule has 0 aromatic heterocycles. The van der Waals surface area contributed by atoms with Gasteiger partial charge in [0.25, 0.3) is 0 Å². The van der Waals surface area contributed by atoms with Gasteiger partial charge in [0.05, 0.1) is 5.69 Å². The Morgan fingerprint density at radius 2 is 1.77 bits per heavy atom. The minimum Gasteiger partial charge on any atom is -0.337 e. The van der Waals surface area contributed by atoms with Gasteiger partial charge in [-0.25, -0.2) is 10.0 Å². The van der Waals surface area contributed by atoms with Gasteiger partial charge >= 0.3 is 0 Å². The molecule has 0 saturated carbocycles. The first-order valence-electron chi connectivity index (χ1n) is 6.47. The van der Waals surface area contributed by atoms with Gasteiger partial charge in [0.2, 0.25) is 5.17 Å². The second kappa shape index (κ2) is 7.70. The Balaban J connectivity index is 2.62. The molecule has 0 aliphatic carbocycles. The summed E-state index contributed by atoms with van der Waals surface area (Å²) in [7, 11) is 4.66. The van der Waals surface area contributed by atoms with Gasteiger partial charge in [-0.2, -0.15) is 0 Å². The highest BCUT2D eigenvalue weighted by Gasteiger charge is 2.17. The van der Waals surface area contributed by atoms with Gasteiger partial charge in [-0.15, -0.1) is 0 Å². The summed E-state index contributed by atoms with van der Waals surface area (Å²) < 4.78 is 2.47. The standard InChI is InChI=1S/C16H15ClN2OS2/c1-18(2)19(16(20)22-11-21)15-6-4-3-5-14(15)12-7-9-13(17)10-8-12/h3-10,20H,1-2H3. The molecule has 2 aromatic rings. The molecule has 6 heteroatoms. The molecule has 22 heavy (non-hydrogen) atoms. The number of halogens is 1. The Hall–Kier alpha value is -1.46. The van der Waals surface area contributed by atoms with Gasteiger partial charge in [0.15, 0.2) is 0 Å². The second-order valence-corrected chi connectivity index (χ2v) is 6.32. The van der Waals surface area contributed by atoms with Crippen LogP contribution in [-0.2, 0) is 0 Å². The molecule has 0 aliphatic heterocycles. The quantitative estimate of drug-likeness (QED) is 0.651. The van der Waals surface area contributed by atoms with Crippen LogP contribution in [0.2, 0.25) is 5.02 Å². The lowest BCUT2D eigenvalue weighted by molar-refractivity contribution is 0.393. The van der Waals surface area contributed by atoms with E-state index in [1.54, 1.807) is 10.0 Å². The maximum absolute atomic E-state index is 10.3. The lowest BCUT2D eigenvalue weighted by atomic mass is 10.0. The van der Waals surface area contributed by atoms with Crippen molar-refractivity contribution in [3.63, 3.8) is 0 Å². The number of nitrogens with zero attached hydrogens (tertiary/aromatic N) is 2. The first-order valence-corrected chi connectivity index (χ1v) is 8.07. The molecule has 3 nitrogen and oxygen atoms in total. The van der Waals surface area contributed by atoms with E-state index in [-0.39, 0.29) is 5.17 Å². The molecule has 0 aliphatic rings. The molecule has 0 spiro atoms. The second-order valence-electron chi connectivity index (χ2n) is 4.65. The Bertz CT molecular complexity index is 749. The number of thiocarbonyl (C=S) groups is 1. The van der Waals surface area contributed by atoms with Crippen molar-refractivity contribution < 1.29 is 5.11 Å². The topological polar surface area (TPSA) is 26.7 Å². The van der Waals surface area contributed by atoms with Crippen molar-refractivity contribution in [2.75, 3.05) is 19.1 Å². The molecule has 0 heterocycles. The maximum Gasteiger partial charge on any atom is 0.227 e. The van der Waals surface area contributed by atoms with Crippen LogP contribution in [0, 0.1) is 0 Å². The fourth-order valence-corrected chi connectivity index (χ4v) is 2.87. The van der Waals surface area contributed by atoms with Crippen molar-refractivity contribution in [3.05, 3.63) is 53.6 Å². The minimum atomic E-state index is 0.0430. The number of rotatable bonds is 3. The third-order valence-electron chi connectivity index (χ3n) is 3.00. The van der Waals surface area contributed by atoms with Crippen LogP contribution >= 0.6 is 34.8 Å². The van der Waals surface area contributed by atoms with E-state index in [1.807, 2.05) is 62.6 Å². The van der Waals surface area contributed by atoms with E-state index in [0.29, 0.717) is 5.02 Å². The summed E-state index contributed by atoms with van der Waals surface area (Å²) in [6.45, 7) is 0. The Morgan fingerprint density at radius 1 is 1.14 bits per heavy atom. The highest BCUT2D eigenvalue weighted by atomic mass is 35.5. The summed E-state index contributed by atoms with van der Waals surface area (Å²) >= 11 is 10.7. The van der Waals surface area contributed by atoms with Crippen LogP contribution in [0.15, 0.2) is 48.5 Å². The third-order valence-corrected chi connectivity index (χ3v) is 3.94. The van der Waals surface area contributed by atoms with Gasteiger partial charge in [-0.1, -0.05) is 41.9 Å². The lowest BCUT2D eigenvalue weighted by Crippen LogP contribution is -2.41. The number of aliphatic hydroxyl groups excluding tert-OH is 1. The molecule has 0 unspecified atom stereocenters. The highest BCUT2D eigenvalue weighted by molar-refractivity contribution is 8.04. The van der Waals surface area contributed by atoms with E-state index in [1.165, 1.54) is 0 Å². The molecule has 2 rings (SSSR count). The first-order chi connectivity index (χ1) is 10.5. The zero-order valence-electron chi connectivity index (χ0n) is 12.2. The van der Waals surface area contributed by atoms with Gasteiger partial charge in [0.1, 0.15) is 0 Å². The summed E-state index contributed by atoms with van der Waals surface area (Å²) in [5.41, 5.74) is 2.82. The van der Waals surface area contributed by atoms with E-state index < -0.39 is 0 Å². The molecule has 0 saturated heterocycles. The summed E-state index contributed by atoms with van der Waals surface area (Å²) in [4.78, 5) is 0. The number of hydrogen-bond acceptors (Lipinski definition) is 2. The smallest absolute Gasteiger partial charge is 0.227 e. The number of aliphatic hydroxyl groups is 1. The van der Waals surface area contributed by atoms with Gasteiger partial charge < -0.3 is 5.11 Å². The largest absolute Gasteiger partial charge is 0.337 e. The zero-order chi connectivity index (χ0) is 16.1. The maximum atomic E-state index is 10.3. The predicted octanol–water partition coefficient (Wildman–Crippen LogP) is 4.50. The number of hydrogen-bond donors (Lipinski definition) is 1. The van der Waals surface area contributed by atoms with E-state index in [0.717, 1.165) is 27.8 Å². The molecule has 2 aromatic carbocycles. The summed E-state index contributed by atoms with van der Waals surface area (Å²) in [5.74, 6) is 0. The summed E-state index contributed by atoms with van der Waals surface area (Å²) in [5, 5.41) is 14.4. The molecule has 0 amide bonds. The fourth-order valence-electron chi connectivity index (χ4n) is 2.10. The monoisotopic (exact) mass is 350 g/mol. The average molecular weight is 351 g/mol. The van der Waals surface area contributed by atoms with Crippen molar-refractivity contribution >= 4 is 49.9 Å². The fraction of sp³-hybridized carbons (Fsp3) is 0.125. The number of hydrazine groups is 1. The Labute approximate surface area is 143 Å². The van der Waals surface area contributed by atoms with Crippen molar-refractivity contribution in [2.45, 2.75) is 0 Å². The zero-order valence-corrected chi connectivity index (χ0v) is 14.5. The van der Waals surface area contributed by atoms with Gasteiger partial charge in [0, 0.05) is 29.0 Å². The Kier molecular flexibility index (Phi) is 5.91. The first kappa shape index (κ1) is 16.9. The molecule has 0 atom stereocenters. The van der Waals surface area contributed by atoms with E-state index in [2.05, 4.69) is 4.31 Å². The molecule has 0 fully saturated rings. The molecule has 1 N–H and O–H groups in total. The van der Waals surface area contributed by atoms with Crippen LogP contribution in [0.1, 0.15) is 0 Å². The van der Waals surface area contributed by atoms with Crippen LogP contribution < -0.4 is 5.01 Å². The SMILES string of the molecule is CN(C)N(C(O)=S=C=S)c1ccccc1-c1ccc(Cl)cc1. The average Bonchev–Trinajstić information content (AvgIpc) is 2.49. The summed E-state index contributed by atoms with van der Waals surface area (Å²) in [6, 6.07) is 15.4. The molecule has 0 bridgehead atoms. The van der Waals surface area contributed by atoms with Gasteiger partial charge in [-0.3, -0.25) is 0 Å². The lowest BCUT2D eigenvalue weighted by Gasteiger charge is -2.30. The van der Waals surface area contributed by atoms with Crippen LogP contribution in [0.3, 0.4) is 0 Å². The number of para-hydroxylation sites is 1.